The van der Waals surface area contributed by atoms with E-state index >= 15 is 0 Å². The maximum atomic E-state index is 12.9. The van der Waals surface area contributed by atoms with Crippen LogP contribution >= 0.6 is 0 Å². The highest BCUT2D eigenvalue weighted by molar-refractivity contribution is 5.96. The van der Waals surface area contributed by atoms with Gasteiger partial charge in [-0.15, -0.1) is 0 Å². The third-order valence-corrected chi connectivity index (χ3v) is 4.33. The van der Waals surface area contributed by atoms with E-state index in [1.165, 1.54) is 5.56 Å². The van der Waals surface area contributed by atoms with Crippen LogP contribution in [0.3, 0.4) is 0 Å². The number of hydrogen-bond donors (Lipinski definition) is 1. The summed E-state index contributed by atoms with van der Waals surface area (Å²) in [6, 6.07) is 15.3. The van der Waals surface area contributed by atoms with Gasteiger partial charge in [-0.1, -0.05) is 42.0 Å². The first-order valence-electron chi connectivity index (χ1n) is 7.80. The minimum Gasteiger partial charge on any atom is -0.368 e. The van der Waals surface area contributed by atoms with Crippen molar-refractivity contribution in [1.29, 1.82) is 0 Å². The number of fused-ring (bicyclic) bond motifs is 1. The highest BCUT2D eigenvalue weighted by atomic mass is 16.2. The molecule has 0 bridgehead atoms. The number of amides is 2. The molecule has 118 valence electrons. The number of benzene rings is 2. The minimum absolute atomic E-state index is 0.0637. The second-order valence-corrected chi connectivity index (χ2v) is 6.02. The summed E-state index contributed by atoms with van der Waals surface area (Å²) in [5.74, 6) is -0.640. The second kappa shape index (κ2) is 6.24. The molecule has 1 unspecified atom stereocenters. The van der Waals surface area contributed by atoms with E-state index in [2.05, 4.69) is 18.2 Å². The molecule has 3 rings (SSSR count). The van der Waals surface area contributed by atoms with Crippen LogP contribution in [0.1, 0.15) is 39.5 Å². The monoisotopic (exact) mass is 308 g/mol. The molecule has 23 heavy (non-hydrogen) atoms. The van der Waals surface area contributed by atoms with E-state index in [0.29, 0.717) is 5.56 Å². The van der Waals surface area contributed by atoms with E-state index in [1.807, 2.05) is 25.1 Å². The Morgan fingerprint density at radius 1 is 1.17 bits per heavy atom. The van der Waals surface area contributed by atoms with E-state index in [0.717, 1.165) is 24.0 Å². The first kappa shape index (κ1) is 15.3. The number of primary amides is 1. The smallest absolute Gasteiger partial charge is 0.254 e. The van der Waals surface area contributed by atoms with Gasteiger partial charge >= 0.3 is 0 Å². The van der Waals surface area contributed by atoms with Crippen LogP contribution in [0.15, 0.2) is 48.5 Å². The van der Waals surface area contributed by atoms with Crippen LogP contribution in [0.5, 0.6) is 0 Å². The van der Waals surface area contributed by atoms with Crippen LogP contribution in [0, 0.1) is 6.92 Å². The third kappa shape index (κ3) is 3.11. The maximum Gasteiger partial charge on any atom is 0.254 e. The van der Waals surface area contributed by atoms with Crippen molar-refractivity contribution in [2.45, 2.75) is 25.8 Å². The molecule has 0 radical (unpaired) electrons. The number of rotatable bonds is 4. The topological polar surface area (TPSA) is 63.4 Å². The fraction of sp³-hybridized carbons (Fsp3) is 0.263. The molecule has 2 aromatic carbocycles. The normalized spacial score (nSPS) is 16.0. The van der Waals surface area contributed by atoms with Crippen molar-refractivity contribution < 1.29 is 9.59 Å². The Balaban J connectivity index is 1.97. The van der Waals surface area contributed by atoms with Gasteiger partial charge in [-0.25, -0.2) is 0 Å². The van der Waals surface area contributed by atoms with Crippen LogP contribution in [0.25, 0.3) is 0 Å². The molecule has 4 heteroatoms. The largest absolute Gasteiger partial charge is 0.368 e. The Morgan fingerprint density at radius 3 is 2.61 bits per heavy atom. The first-order chi connectivity index (χ1) is 11.1. The average Bonchev–Trinajstić information content (AvgIpc) is 2.95. The van der Waals surface area contributed by atoms with E-state index < -0.39 is 5.91 Å². The molecule has 2 aromatic rings. The van der Waals surface area contributed by atoms with Gasteiger partial charge in [0, 0.05) is 5.56 Å². The molecule has 1 atom stereocenters. The summed E-state index contributed by atoms with van der Waals surface area (Å²) >= 11 is 0. The summed E-state index contributed by atoms with van der Waals surface area (Å²) in [5.41, 5.74) is 9.51. The van der Waals surface area contributed by atoms with Crippen molar-refractivity contribution in [3.8, 4) is 0 Å². The second-order valence-electron chi connectivity index (χ2n) is 6.02. The van der Waals surface area contributed by atoms with Crippen molar-refractivity contribution in [2.75, 3.05) is 6.54 Å². The molecule has 0 aromatic heterocycles. The average molecular weight is 308 g/mol. The summed E-state index contributed by atoms with van der Waals surface area (Å²) in [5, 5.41) is 0. The quantitative estimate of drug-likeness (QED) is 0.943. The maximum absolute atomic E-state index is 12.9. The molecule has 0 spiro atoms. The van der Waals surface area contributed by atoms with Crippen LogP contribution in [0.2, 0.25) is 0 Å². The third-order valence-electron chi connectivity index (χ3n) is 4.33. The van der Waals surface area contributed by atoms with Crippen molar-refractivity contribution >= 4 is 11.8 Å². The number of aryl methyl sites for hydroxylation is 2. The van der Waals surface area contributed by atoms with E-state index in [9.17, 15) is 9.59 Å². The molecule has 0 aliphatic heterocycles. The van der Waals surface area contributed by atoms with Crippen LogP contribution in [0.4, 0.5) is 0 Å². The Kier molecular flexibility index (Phi) is 4.15. The van der Waals surface area contributed by atoms with E-state index in [1.54, 1.807) is 17.0 Å². The van der Waals surface area contributed by atoms with E-state index in [-0.39, 0.29) is 18.5 Å². The molecule has 1 aliphatic carbocycles. The predicted molar refractivity (Wildman–Crippen MR) is 88.9 cm³/mol. The van der Waals surface area contributed by atoms with Crippen LogP contribution < -0.4 is 5.73 Å². The van der Waals surface area contributed by atoms with Gasteiger partial charge < -0.3 is 10.6 Å². The summed E-state index contributed by atoms with van der Waals surface area (Å²) in [6.45, 7) is 1.97. The summed E-state index contributed by atoms with van der Waals surface area (Å²) in [4.78, 5) is 26.0. The number of carbonyl (C=O) groups is 2. The zero-order valence-corrected chi connectivity index (χ0v) is 13.2. The summed E-state index contributed by atoms with van der Waals surface area (Å²) in [6.07, 6.45) is 1.74. The van der Waals surface area contributed by atoms with Gasteiger partial charge in [0.1, 0.15) is 6.54 Å². The minimum atomic E-state index is -0.490. The Labute approximate surface area is 135 Å². The summed E-state index contributed by atoms with van der Waals surface area (Å²) in [7, 11) is 0. The molecule has 2 N–H and O–H groups in total. The van der Waals surface area contributed by atoms with Gasteiger partial charge in [-0.2, -0.15) is 0 Å². The molecule has 4 nitrogen and oxygen atoms in total. The van der Waals surface area contributed by atoms with Gasteiger partial charge in [0.05, 0.1) is 6.04 Å². The van der Waals surface area contributed by atoms with Crippen molar-refractivity contribution in [1.82, 2.24) is 4.90 Å². The number of nitrogens with two attached hydrogens (primary N) is 1. The van der Waals surface area contributed by atoms with Crippen molar-refractivity contribution in [3.63, 3.8) is 0 Å². The lowest BCUT2D eigenvalue weighted by Crippen LogP contribution is -2.40. The van der Waals surface area contributed by atoms with Gasteiger partial charge in [0.25, 0.3) is 5.91 Å². The zero-order valence-electron chi connectivity index (χ0n) is 13.2. The first-order valence-corrected chi connectivity index (χ1v) is 7.80. The molecule has 0 saturated carbocycles. The molecule has 0 saturated heterocycles. The standard InChI is InChI=1S/C19H20N2O2/c1-13-7-8-14-9-10-17(16(14)11-13)21(12-18(20)22)19(23)15-5-3-2-4-6-15/h2-8,11,17H,9-10,12H2,1H3,(H2,20,22). The highest BCUT2D eigenvalue weighted by Gasteiger charge is 2.32. The molecule has 1 aliphatic rings. The van der Waals surface area contributed by atoms with Gasteiger partial charge in [0.15, 0.2) is 0 Å². The molecular formula is C19H20N2O2. The Morgan fingerprint density at radius 2 is 1.91 bits per heavy atom. The van der Waals surface area contributed by atoms with Gasteiger partial charge in [-0.3, -0.25) is 9.59 Å². The fourth-order valence-electron chi connectivity index (χ4n) is 3.26. The van der Waals surface area contributed by atoms with Crippen LogP contribution in [-0.2, 0) is 11.2 Å². The van der Waals surface area contributed by atoms with Crippen LogP contribution in [-0.4, -0.2) is 23.3 Å². The Bertz CT molecular complexity index is 740. The van der Waals surface area contributed by atoms with Gasteiger partial charge in [-0.05, 0) is 43.0 Å². The predicted octanol–water partition coefficient (Wildman–Crippen LogP) is 2.61. The lowest BCUT2D eigenvalue weighted by Gasteiger charge is -2.29. The van der Waals surface area contributed by atoms with E-state index in [4.69, 9.17) is 5.73 Å². The zero-order chi connectivity index (χ0) is 16.4. The Hall–Kier alpha value is -2.62. The highest BCUT2D eigenvalue weighted by Crippen LogP contribution is 2.36. The molecule has 2 amide bonds. The number of hydrogen-bond acceptors (Lipinski definition) is 2. The van der Waals surface area contributed by atoms with Crippen molar-refractivity contribution in [2.24, 2.45) is 5.73 Å². The molecular weight excluding hydrogens is 288 g/mol. The lowest BCUT2D eigenvalue weighted by atomic mass is 10.0. The molecule has 0 fully saturated rings. The fourth-order valence-corrected chi connectivity index (χ4v) is 3.26. The van der Waals surface area contributed by atoms with Crippen molar-refractivity contribution in [3.05, 3.63) is 70.8 Å². The lowest BCUT2D eigenvalue weighted by molar-refractivity contribution is -0.119. The summed E-state index contributed by atoms with van der Waals surface area (Å²) < 4.78 is 0. The SMILES string of the molecule is Cc1ccc2c(c1)C(N(CC(N)=O)C(=O)c1ccccc1)CC2. The molecule has 0 heterocycles. The number of nitrogens with zero attached hydrogens (tertiary/aromatic N) is 1. The number of carbonyl (C=O) groups excluding carboxylic acids is 2. The van der Waals surface area contributed by atoms with Gasteiger partial charge in [0.2, 0.25) is 5.91 Å².